The van der Waals surface area contributed by atoms with Gasteiger partial charge >= 0.3 is 0 Å². The molecular weight excluding hydrogens is 695 g/mol. The summed E-state index contributed by atoms with van der Waals surface area (Å²) in [4.78, 5) is 2.32. The van der Waals surface area contributed by atoms with Crippen molar-refractivity contribution in [3.8, 4) is 44.5 Å². The smallest absolute Gasteiger partial charge is 0.143 e. The molecule has 268 valence electrons. The number of rotatable bonds is 7. The zero-order valence-electron chi connectivity index (χ0n) is 31.0. The summed E-state index contributed by atoms with van der Waals surface area (Å²) in [6.07, 6.45) is 0. The van der Waals surface area contributed by atoms with Crippen molar-refractivity contribution >= 4 is 60.9 Å². The van der Waals surface area contributed by atoms with Gasteiger partial charge in [0, 0.05) is 49.7 Å². The minimum absolute atomic E-state index is 0.904. The first-order valence-corrected chi connectivity index (χ1v) is 19.3. The fraction of sp³-hybridized carbons (Fsp3) is 0. The number of para-hydroxylation sites is 4. The zero-order chi connectivity index (χ0) is 37.7. The molecule has 0 saturated heterocycles. The third-order valence-electron chi connectivity index (χ3n) is 11.1. The van der Waals surface area contributed by atoms with Crippen molar-refractivity contribution in [2.45, 2.75) is 0 Å². The maximum Gasteiger partial charge on any atom is 0.143 e. The largest absolute Gasteiger partial charge is 0.455 e. The van der Waals surface area contributed by atoms with Crippen LogP contribution in [0.25, 0.3) is 88.4 Å². The quantitative estimate of drug-likeness (QED) is 0.164. The molecule has 0 N–H and O–H groups in total. The van der Waals surface area contributed by atoms with Crippen LogP contribution >= 0.6 is 0 Å². The Morgan fingerprint density at radius 1 is 0.246 bits per heavy atom. The van der Waals surface area contributed by atoms with Gasteiger partial charge in [-0.25, -0.2) is 0 Å². The van der Waals surface area contributed by atoms with E-state index >= 15 is 0 Å². The number of benzene rings is 9. The Balaban J connectivity index is 0.936. The van der Waals surface area contributed by atoms with Crippen LogP contribution in [0.15, 0.2) is 221 Å². The fourth-order valence-electron chi connectivity index (χ4n) is 8.27. The van der Waals surface area contributed by atoms with Gasteiger partial charge < -0.3 is 13.7 Å². The summed E-state index contributed by atoms with van der Waals surface area (Å²) < 4.78 is 12.7. The van der Waals surface area contributed by atoms with Gasteiger partial charge in [0.25, 0.3) is 0 Å². The van der Waals surface area contributed by atoms with Gasteiger partial charge in [0.1, 0.15) is 22.3 Å². The summed E-state index contributed by atoms with van der Waals surface area (Å²) in [7, 11) is 0. The van der Waals surface area contributed by atoms with Crippen LogP contribution in [-0.4, -0.2) is 0 Å². The second-order valence-corrected chi connectivity index (χ2v) is 14.5. The van der Waals surface area contributed by atoms with E-state index in [1.807, 2.05) is 24.3 Å². The Bertz CT molecular complexity index is 3190. The maximum absolute atomic E-state index is 6.39. The van der Waals surface area contributed by atoms with Crippen molar-refractivity contribution in [2.75, 3.05) is 4.90 Å². The van der Waals surface area contributed by atoms with Gasteiger partial charge in [-0.05, 0) is 81.9 Å². The van der Waals surface area contributed by atoms with Crippen molar-refractivity contribution in [1.29, 1.82) is 0 Å². The summed E-state index contributed by atoms with van der Waals surface area (Å²) in [5, 5.41) is 4.55. The molecular formula is C54H35NO2. The first kappa shape index (κ1) is 32.8. The molecule has 0 aliphatic rings. The standard InChI is InChI=1S/C54H35NO2/c1-2-10-36(11-3-1)38-24-30-42(31-25-38)55(44-34-28-41(29-35-44)46-15-9-17-50-48-13-5-7-19-52(48)57-54(46)50)43-32-26-39(27-33-43)37-20-22-40(23-21-37)45-14-8-16-49-47-12-4-6-18-51(47)56-53(45)49/h1-35H. The number of hydrogen-bond acceptors (Lipinski definition) is 3. The van der Waals surface area contributed by atoms with Crippen LogP contribution in [0, 0.1) is 0 Å². The van der Waals surface area contributed by atoms with Crippen molar-refractivity contribution in [3.05, 3.63) is 212 Å². The lowest BCUT2D eigenvalue weighted by Gasteiger charge is -2.26. The highest BCUT2D eigenvalue weighted by molar-refractivity contribution is 6.10. The predicted molar refractivity (Wildman–Crippen MR) is 237 cm³/mol. The summed E-state index contributed by atoms with van der Waals surface area (Å²) in [5.74, 6) is 0. The average molecular weight is 730 g/mol. The van der Waals surface area contributed by atoms with Crippen molar-refractivity contribution in [3.63, 3.8) is 0 Å². The molecule has 3 heteroatoms. The lowest BCUT2D eigenvalue weighted by Crippen LogP contribution is -2.09. The van der Waals surface area contributed by atoms with Crippen LogP contribution in [-0.2, 0) is 0 Å². The van der Waals surface area contributed by atoms with E-state index in [9.17, 15) is 0 Å². The van der Waals surface area contributed by atoms with E-state index in [2.05, 4.69) is 193 Å². The Kier molecular flexibility index (Phi) is 7.82. The Morgan fingerprint density at radius 2 is 0.579 bits per heavy atom. The van der Waals surface area contributed by atoms with E-state index in [0.717, 1.165) is 94.3 Å². The number of furan rings is 2. The Labute approximate surface area is 330 Å². The van der Waals surface area contributed by atoms with Gasteiger partial charge in [-0.1, -0.05) is 164 Å². The van der Waals surface area contributed by atoms with Crippen molar-refractivity contribution in [1.82, 2.24) is 0 Å². The van der Waals surface area contributed by atoms with Crippen LogP contribution in [0.2, 0.25) is 0 Å². The SMILES string of the molecule is c1ccc(-c2ccc(N(c3ccc(-c4ccc(-c5cccc6c5oc5ccccc56)cc4)cc3)c3ccc(-c4cccc5c4oc4ccccc45)cc3)cc2)cc1. The molecule has 0 aliphatic heterocycles. The number of nitrogens with zero attached hydrogens (tertiary/aromatic N) is 1. The summed E-state index contributed by atoms with van der Waals surface area (Å²) in [6, 6.07) is 75.1. The monoisotopic (exact) mass is 729 g/mol. The normalized spacial score (nSPS) is 11.5. The van der Waals surface area contributed by atoms with Gasteiger partial charge in [0.15, 0.2) is 0 Å². The molecule has 0 saturated carbocycles. The molecule has 11 rings (SSSR count). The third kappa shape index (κ3) is 5.76. The maximum atomic E-state index is 6.39. The molecule has 9 aromatic carbocycles. The van der Waals surface area contributed by atoms with Crippen LogP contribution in [0.5, 0.6) is 0 Å². The first-order chi connectivity index (χ1) is 28.2. The number of hydrogen-bond donors (Lipinski definition) is 0. The Morgan fingerprint density at radius 3 is 1.04 bits per heavy atom. The summed E-state index contributed by atoms with van der Waals surface area (Å²) >= 11 is 0. The molecule has 0 aliphatic carbocycles. The lowest BCUT2D eigenvalue weighted by atomic mass is 9.98. The van der Waals surface area contributed by atoms with Crippen LogP contribution < -0.4 is 4.90 Å². The highest BCUT2D eigenvalue weighted by Gasteiger charge is 2.17. The van der Waals surface area contributed by atoms with E-state index < -0.39 is 0 Å². The second-order valence-electron chi connectivity index (χ2n) is 14.5. The van der Waals surface area contributed by atoms with Gasteiger partial charge in [-0.3, -0.25) is 0 Å². The highest BCUT2D eigenvalue weighted by atomic mass is 16.3. The first-order valence-electron chi connectivity index (χ1n) is 19.3. The van der Waals surface area contributed by atoms with Crippen LogP contribution in [0.1, 0.15) is 0 Å². The minimum atomic E-state index is 0.904. The molecule has 0 fully saturated rings. The fourth-order valence-corrected chi connectivity index (χ4v) is 8.27. The summed E-state index contributed by atoms with van der Waals surface area (Å²) in [6.45, 7) is 0. The van der Waals surface area contributed by atoms with Gasteiger partial charge in [-0.15, -0.1) is 0 Å². The number of anilines is 3. The van der Waals surface area contributed by atoms with Crippen molar-refractivity contribution in [2.24, 2.45) is 0 Å². The lowest BCUT2D eigenvalue weighted by molar-refractivity contribution is 0.669. The van der Waals surface area contributed by atoms with Gasteiger partial charge in [-0.2, -0.15) is 0 Å². The molecule has 0 bridgehead atoms. The molecule has 2 aromatic heterocycles. The van der Waals surface area contributed by atoms with E-state index in [1.165, 1.54) is 11.1 Å². The molecule has 0 atom stereocenters. The molecule has 0 radical (unpaired) electrons. The zero-order valence-corrected chi connectivity index (χ0v) is 31.0. The average Bonchev–Trinajstić information content (AvgIpc) is 3.87. The molecule has 11 aromatic rings. The van der Waals surface area contributed by atoms with E-state index in [4.69, 9.17) is 8.83 Å². The molecule has 0 unspecified atom stereocenters. The van der Waals surface area contributed by atoms with Gasteiger partial charge in [0.2, 0.25) is 0 Å². The Hall–Kier alpha value is -7.62. The molecule has 3 nitrogen and oxygen atoms in total. The molecule has 0 spiro atoms. The topological polar surface area (TPSA) is 29.5 Å². The van der Waals surface area contributed by atoms with Gasteiger partial charge in [0.05, 0.1) is 0 Å². The van der Waals surface area contributed by atoms with E-state index in [0.29, 0.717) is 0 Å². The van der Waals surface area contributed by atoms with E-state index in [-0.39, 0.29) is 0 Å². The van der Waals surface area contributed by atoms with E-state index in [1.54, 1.807) is 0 Å². The summed E-state index contributed by atoms with van der Waals surface area (Å²) in [5.41, 5.74) is 16.0. The molecule has 0 amide bonds. The second kappa shape index (κ2) is 13.6. The van der Waals surface area contributed by atoms with Crippen LogP contribution in [0.3, 0.4) is 0 Å². The molecule has 57 heavy (non-hydrogen) atoms. The van der Waals surface area contributed by atoms with Crippen molar-refractivity contribution < 1.29 is 8.83 Å². The number of fused-ring (bicyclic) bond motifs is 6. The van der Waals surface area contributed by atoms with Crippen LogP contribution in [0.4, 0.5) is 17.1 Å². The minimum Gasteiger partial charge on any atom is -0.455 e. The molecule has 2 heterocycles. The predicted octanol–water partition coefficient (Wildman–Crippen LogP) is 15.6. The third-order valence-corrected chi connectivity index (χ3v) is 11.1. The highest BCUT2D eigenvalue weighted by Crippen LogP contribution is 2.41.